The number of aromatic nitrogens is 4. The van der Waals surface area contributed by atoms with Gasteiger partial charge in [-0.3, -0.25) is 0 Å². The number of piperazine rings is 1. The molecule has 0 unspecified atom stereocenters. The molecule has 1 aromatic carbocycles. The first-order valence-electron chi connectivity index (χ1n) is 11.5. The minimum atomic E-state index is 0.0191. The van der Waals surface area contributed by atoms with Crippen LogP contribution in [0.3, 0.4) is 0 Å². The predicted molar refractivity (Wildman–Crippen MR) is 128 cm³/mol. The van der Waals surface area contributed by atoms with Gasteiger partial charge in [0.15, 0.2) is 5.65 Å². The van der Waals surface area contributed by atoms with Gasteiger partial charge >= 0.3 is 6.03 Å². The van der Waals surface area contributed by atoms with Crippen LogP contribution in [0.15, 0.2) is 24.3 Å². The van der Waals surface area contributed by atoms with Gasteiger partial charge in [-0.1, -0.05) is 38.5 Å². The summed E-state index contributed by atoms with van der Waals surface area (Å²) in [5, 5.41) is 8.79. The van der Waals surface area contributed by atoms with Crippen LogP contribution in [0.4, 0.5) is 10.6 Å². The summed E-state index contributed by atoms with van der Waals surface area (Å²) < 4.78 is 1.93. The molecule has 32 heavy (non-hydrogen) atoms. The average Bonchev–Trinajstić information content (AvgIpc) is 3.14. The van der Waals surface area contributed by atoms with Crippen LogP contribution < -0.4 is 10.2 Å². The molecule has 3 aromatic rings. The number of hydrogen-bond donors (Lipinski definition) is 1. The molecule has 2 amide bonds. The van der Waals surface area contributed by atoms with Crippen LogP contribution in [-0.4, -0.2) is 63.4 Å². The number of nitrogens with zero attached hydrogens (tertiary/aromatic N) is 6. The van der Waals surface area contributed by atoms with Crippen LogP contribution in [0.25, 0.3) is 16.7 Å². The molecule has 1 fully saturated rings. The normalized spacial score (nSPS) is 14.4. The first-order valence-corrected chi connectivity index (χ1v) is 11.5. The lowest BCUT2D eigenvalue weighted by Gasteiger charge is -2.35. The van der Waals surface area contributed by atoms with Crippen molar-refractivity contribution in [3.63, 3.8) is 0 Å². The fourth-order valence-electron chi connectivity index (χ4n) is 4.00. The Labute approximate surface area is 189 Å². The minimum absolute atomic E-state index is 0.0191. The van der Waals surface area contributed by atoms with Gasteiger partial charge in [-0.25, -0.2) is 19.4 Å². The quantitative estimate of drug-likeness (QED) is 0.659. The van der Waals surface area contributed by atoms with E-state index in [0.29, 0.717) is 19.6 Å². The molecule has 1 aliphatic rings. The topological polar surface area (TPSA) is 79.2 Å². The van der Waals surface area contributed by atoms with Gasteiger partial charge in [0, 0.05) is 38.6 Å². The number of rotatable bonds is 5. The van der Waals surface area contributed by atoms with Crippen molar-refractivity contribution >= 4 is 22.9 Å². The molecule has 8 nitrogen and oxygen atoms in total. The summed E-state index contributed by atoms with van der Waals surface area (Å²) in [5.74, 6) is 1.92. The summed E-state index contributed by atoms with van der Waals surface area (Å²) in [7, 11) is 0. The van der Waals surface area contributed by atoms with E-state index < -0.39 is 0 Å². The van der Waals surface area contributed by atoms with Crippen LogP contribution in [0.2, 0.25) is 0 Å². The number of nitrogens with one attached hydrogen (secondary N) is 1. The average molecular weight is 436 g/mol. The number of carbonyl (C=O) groups excluding carboxylic acids is 1. The number of amides is 2. The standard InChI is InChI=1S/C24H33N7O/c1-6-11-25-24(32)30-14-12-29(13-15-30)22-20-18(5)28-31(19-9-7-17(4)8-10-19)23(20)27-21(26-22)16(2)3/h7-10,16H,6,11-15H2,1-5H3,(H,25,32). The number of anilines is 1. The van der Waals surface area contributed by atoms with Gasteiger partial charge in [-0.2, -0.15) is 5.10 Å². The highest BCUT2D eigenvalue weighted by Gasteiger charge is 2.26. The maximum absolute atomic E-state index is 12.4. The Balaban J connectivity index is 1.70. The molecule has 0 aliphatic carbocycles. The molecule has 2 aromatic heterocycles. The molecule has 0 atom stereocenters. The molecule has 1 aliphatic heterocycles. The monoisotopic (exact) mass is 435 g/mol. The second-order valence-corrected chi connectivity index (χ2v) is 8.80. The Kier molecular flexibility index (Phi) is 6.30. The van der Waals surface area contributed by atoms with Crippen molar-refractivity contribution < 1.29 is 4.79 Å². The zero-order valence-electron chi connectivity index (χ0n) is 19.7. The third-order valence-corrected chi connectivity index (χ3v) is 5.89. The highest BCUT2D eigenvalue weighted by molar-refractivity contribution is 5.91. The second-order valence-electron chi connectivity index (χ2n) is 8.80. The molecular weight excluding hydrogens is 402 g/mol. The molecule has 0 spiro atoms. The molecule has 8 heteroatoms. The van der Waals surface area contributed by atoms with E-state index in [1.165, 1.54) is 5.56 Å². The van der Waals surface area contributed by atoms with Crippen molar-refractivity contribution in [2.45, 2.75) is 47.0 Å². The largest absolute Gasteiger partial charge is 0.352 e. The van der Waals surface area contributed by atoms with E-state index in [9.17, 15) is 4.79 Å². The van der Waals surface area contributed by atoms with Gasteiger partial charge in [0.2, 0.25) is 0 Å². The SMILES string of the molecule is CCCNC(=O)N1CCN(c2nc(C(C)C)nc3c2c(C)nn3-c2ccc(C)cc2)CC1. The summed E-state index contributed by atoms with van der Waals surface area (Å²) >= 11 is 0. The summed E-state index contributed by atoms with van der Waals surface area (Å²) in [4.78, 5) is 26.4. The van der Waals surface area contributed by atoms with Crippen molar-refractivity contribution in [3.8, 4) is 5.69 Å². The Morgan fingerprint density at radius 3 is 2.38 bits per heavy atom. The second kappa shape index (κ2) is 9.14. The van der Waals surface area contributed by atoms with Crippen molar-refractivity contribution in [1.82, 2.24) is 30.0 Å². The summed E-state index contributed by atoms with van der Waals surface area (Å²) in [6.45, 7) is 13.9. The summed E-state index contributed by atoms with van der Waals surface area (Å²) in [6.07, 6.45) is 0.937. The summed E-state index contributed by atoms with van der Waals surface area (Å²) in [6, 6.07) is 8.35. The Bertz CT molecular complexity index is 1100. The van der Waals surface area contributed by atoms with Crippen LogP contribution in [0, 0.1) is 13.8 Å². The maximum atomic E-state index is 12.4. The minimum Gasteiger partial charge on any atom is -0.352 e. The van der Waals surface area contributed by atoms with Crippen molar-refractivity contribution in [1.29, 1.82) is 0 Å². The molecular formula is C24H33N7O. The van der Waals surface area contributed by atoms with E-state index in [2.05, 4.69) is 62.2 Å². The Morgan fingerprint density at radius 2 is 1.75 bits per heavy atom. The van der Waals surface area contributed by atoms with Crippen LogP contribution >= 0.6 is 0 Å². The van der Waals surface area contributed by atoms with E-state index in [0.717, 1.165) is 53.6 Å². The third kappa shape index (κ3) is 4.26. The lowest BCUT2D eigenvalue weighted by molar-refractivity contribution is 0.194. The van der Waals surface area contributed by atoms with E-state index in [-0.39, 0.29) is 11.9 Å². The van der Waals surface area contributed by atoms with Gasteiger partial charge in [0.1, 0.15) is 11.6 Å². The molecule has 170 valence electrons. The van der Waals surface area contributed by atoms with Crippen molar-refractivity contribution in [3.05, 3.63) is 41.3 Å². The fourth-order valence-corrected chi connectivity index (χ4v) is 4.00. The smallest absolute Gasteiger partial charge is 0.317 e. The zero-order valence-corrected chi connectivity index (χ0v) is 19.7. The highest BCUT2D eigenvalue weighted by Crippen LogP contribution is 2.31. The fraction of sp³-hybridized carbons (Fsp3) is 0.500. The van der Waals surface area contributed by atoms with Crippen molar-refractivity contribution in [2.24, 2.45) is 0 Å². The van der Waals surface area contributed by atoms with Crippen LogP contribution in [0.5, 0.6) is 0 Å². The van der Waals surface area contributed by atoms with E-state index in [4.69, 9.17) is 15.1 Å². The molecule has 1 saturated heterocycles. The molecule has 0 radical (unpaired) electrons. The number of benzene rings is 1. The van der Waals surface area contributed by atoms with Crippen LogP contribution in [0.1, 0.15) is 50.2 Å². The van der Waals surface area contributed by atoms with Gasteiger partial charge in [-0.05, 0) is 32.4 Å². The number of carbonyl (C=O) groups is 1. The van der Waals surface area contributed by atoms with E-state index in [1.54, 1.807) is 0 Å². The lowest BCUT2D eigenvalue weighted by Crippen LogP contribution is -2.52. The first kappa shape index (κ1) is 22.0. The van der Waals surface area contributed by atoms with Gasteiger partial charge < -0.3 is 15.1 Å². The zero-order chi connectivity index (χ0) is 22.8. The highest BCUT2D eigenvalue weighted by atomic mass is 16.2. The number of hydrogen-bond acceptors (Lipinski definition) is 5. The van der Waals surface area contributed by atoms with Gasteiger partial charge in [0.25, 0.3) is 0 Å². The molecule has 1 N–H and O–H groups in total. The summed E-state index contributed by atoms with van der Waals surface area (Å²) in [5.41, 5.74) is 3.95. The number of fused-ring (bicyclic) bond motifs is 1. The predicted octanol–water partition coefficient (Wildman–Crippen LogP) is 3.80. The molecule has 3 heterocycles. The molecule has 4 rings (SSSR count). The number of urea groups is 1. The van der Waals surface area contributed by atoms with E-state index in [1.807, 2.05) is 16.5 Å². The maximum Gasteiger partial charge on any atom is 0.317 e. The van der Waals surface area contributed by atoms with Gasteiger partial charge in [0.05, 0.1) is 16.8 Å². The lowest BCUT2D eigenvalue weighted by atomic mass is 10.2. The molecule has 0 saturated carbocycles. The Hall–Kier alpha value is -3.16. The number of aryl methyl sites for hydroxylation is 2. The van der Waals surface area contributed by atoms with Crippen molar-refractivity contribution in [2.75, 3.05) is 37.6 Å². The van der Waals surface area contributed by atoms with Gasteiger partial charge in [-0.15, -0.1) is 0 Å². The third-order valence-electron chi connectivity index (χ3n) is 5.89. The first-order chi connectivity index (χ1) is 15.4. The van der Waals surface area contributed by atoms with Crippen LogP contribution in [-0.2, 0) is 0 Å². The molecule has 0 bridgehead atoms. The van der Waals surface area contributed by atoms with E-state index >= 15 is 0 Å². The Morgan fingerprint density at radius 1 is 1.06 bits per heavy atom.